The number of hydrogen-bond donors (Lipinski definition) is 1. The summed E-state index contributed by atoms with van der Waals surface area (Å²) in [4.78, 5) is 0. The molecule has 0 radical (unpaired) electrons. The molecule has 2 aromatic carbocycles. The lowest BCUT2D eigenvalue weighted by atomic mass is 10.0. The van der Waals surface area contributed by atoms with Crippen molar-refractivity contribution in [1.82, 2.24) is 0 Å². The largest absolute Gasteiger partial charge is 0.506 e. The van der Waals surface area contributed by atoms with Crippen molar-refractivity contribution in [3.05, 3.63) is 77.6 Å². The van der Waals surface area contributed by atoms with Gasteiger partial charge in [-0.15, -0.1) is 0 Å². The Labute approximate surface area is 129 Å². The van der Waals surface area contributed by atoms with Gasteiger partial charge in [0.25, 0.3) is 0 Å². The number of aliphatic hydroxyl groups is 1. The zero-order valence-corrected chi connectivity index (χ0v) is 12.4. The maximum absolute atomic E-state index is 13.6. The van der Waals surface area contributed by atoms with Gasteiger partial charge in [0.05, 0.1) is 11.1 Å². The van der Waals surface area contributed by atoms with Crippen molar-refractivity contribution in [3.63, 3.8) is 0 Å². The molecule has 1 heterocycles. The molecule has 1 N–H and O–H groups in total. The van der Waals surface area contributed by atoms with E-state index in [1.165, 1.54) is 12.1 Å². The van der Waals surface area contributed by atoms with Gasteiger partial charge in [0.15, 0.2) is 12.8 Å². The van der Waals surface area contributed by atoms with E-state index in [1.54, 1.807) is 12.1 Å². The third-order valence-corrected chi connectivity index (χ3v) is 3.75. The average molecular weight is 294 g/mol. The second-order valence-corrected chi connectivity index (χ2v) is 5.36. The molecule has 0 aliphatic carbocycles. The predicted molar refractivity (Wildman–Crippen MR) is 88.1 cm³/mol. The van der Waals surface area contributed by atoms with Crippen molar-refractivity contribution in [2.75, 3.05) is 6.54 Å². The SMILES string of the molecule is C=CC[N+]1=CC(=C(O)c2ccc(C)cc2)c2cc(F)ccc21. The summed E-state index contributed by atoms with van der Waals surface area (Å²) < 4.78 is 15.6. The van der Waals surface area contributed by atoms with Crippen LogP contribution in [0.15, 0.2) is 55.1 Å². The van der Waals surface area contributed by atoms with Crippen LogP contribution in [0.3, 0.4) is 0 Å². The van der Waals surface area contributed by atoms with E-state index in [0.29, 0.717) is 23.2 Å². The van der Waals surface area contributed by atoms with Gasteiger partial charge in [-0.1, -0.05) is 36.4 Å². The Morgan fingerprint density at radius 1 is 1.23 bits per heavy atom. The van der Waals surface area contributed by atoms with Crippen molar-refractivity contribution >= 4 is 23.2 Å². The number of aryl methyl sites for hydroxylation is 1. The third kappa shape index (κ3) is 2.46. The molecule has 22 heavy (non-hydrogen) atoms. The molecule has 0 aromatic heterocycles. The number of halogens is 1. The highest BCUT2D eigenvalue weighted by Crippen LogP contribution is 2.35. The Hall–Kier alpha value is -2.68. The fourth-order valence-electron chi connectivity index (χ4n) is 2.62. The lowest BCUT2D eigenvalue weighted by Crippen LogP contribution is -2.02. The molecule has 3 heteroatoms. The maximum Gasteiger partial charge on any atom is 0.213 e. The van der Waals surface area contributed by atoms with Crippen LogP contribution in [0, 0.1) is 12.7 Å². The molecule has 0 amide bonds. The first kappa shape index (κ1) is 14.3. The van der Waals surface area contributed by atoms with Crippen LogP contribution in [0.1, 0.15) is 16.7 Å². The summed E-state index contributed by atoms with van der Waals surface area (Å²) in [6.07, 6.45) is 3.61. The van der Waals surface area contributed by atoms with E-state index in [-0.39, 0.29) is 11.6 Å². The van der Waals surface area contributed by atoms with Gasteiger partial charge in [0.1, 0.15) is 11.6 Å². The molecule has 2 nitrogen and oxygen atoms in total. The van der Waals surface area contributed by atoms with E-state index in [2.05, 4.69) is 6.58 Å². The fraction of sp³-hybridized carbons (Fsp3) is 0.105. The zero-order chi connectivity index (χ0) is 15.7. The molecule has 3 rings (SSSR count). The topological polar surface area (TPSA) is 23.2 Å². The molecule has 1 aliphatic rings. The summed E-state index contributed by atoms with van der Waals surface area (Å²) in [5, 5.41) is 10.6. The quantitative estimate of drug-likeness (QED) is 0.504. The summed E-state index contributed by atoms with van der Waals surface area (Å²) in [6, 6.07) is 12.2. The zero-order valence-electron chi connectivity index (χ0n) is 12.4. The summed E-state index contributed by atoms with van der Waals surface area (Å²) in [5.41, 5.74) is 4.03. The number of benzene rings is 2. The minimum Gasteiger partial charge on any atom is -0.506 e. The van der Waals surface area contributed by atoms with E-state index in [0.717, 1.165) is 11.3 Å². The van der Waals surface area contributed by atoms with Crippen LogP contribution >= 0.6 is 0 Å². The van der Waals surface area contributed by atoms with Gasteiger partial charge in [-0.05, 0) is 25.1 Å². The highest BCUT2D eigenvalue weighted by atomic mass is 19.1. The molecule has 1 aliphatic heterocycles. The van der Waals surface area contributed by atoms with E-state index in [4.69, 9.17) is 0 Å². The van der Waals surface area contributed by atoms with Crippen molar-refractivity contribution in [1.29, 1.82) is 0 Å². The lowest BCUT2D eigenvalue weighted by Gasteiger charge is -2.03. The second kappa shape index (κ2) is 5.60. The molecule has 0 saturated heterocycles. The molecule has 0 atom stereocenters. The number of fused-ring (bicyclic) bond motifs is 1. The van der Waals surface area contributed by atoms with E-state index < -0.39 is 0 Å². The molecule has 0 spiro atoms. The first-order valence-electron chi connectivity index (χ1n) is 7.13. The summed E-state index contributed by atoms with van der Waals surface area (Å²) in [7, 11) is 0. The van der Waals surface area contributed by atoms with E-state index in [9.17, 15) is 9.50 Å². The minimum atomic E-state index is -0.318. The van der Waals surface area contributed by atoms with E-state index >= 15 is 0 Å². The molecule has 0 bridgehead atoms. The van der Waals surface area contributed by atoms with Crippen LogP contribution in [-0.2, 0) is 0 Å². The average Bonchev–Trinajstić information content (AvgIpc) is 2.86. The summed E-state index contributed by atoms with van der Waals surface area (Å²) in [5.74, 6) is -0.166. The van der Waals surface area contributed by atoms with Gasteiger partial charge < -0.3 is 5.11 Å². The Bertz CT molecular complexity index is 801. The van der Waals surface area contributed by atoms with Crippen LogP contribution in [0.2, 0.25) is 0 Å². The van der Waals surface area contributed by atoms with Crippen LogP contribution in [0.5, 0.6) is 0 Å². The van der Waals surface area contributed by atoms with Crippen LogP contribution in [0.4, 0.5) is 10.1 Å². The highest BCUT2D eigenvalue weighted by molar-refractivity contribution is 6.19. The van der Waals surface area contributed by atoms with Crippen LogP contribution in [0.25, 0.3) is 11.3 Å². The number of rotatable bonds is 3. The van der Waals surface area contributed by atoms with Crippen molar-refractivity contribution < 1.29 is 14.1 Å². The molecular formula is C19H17FNO+. The fourth-order valence-corrected chi connectivity index (χ4v) is 2.62. The van der Waals surface area contributed by atoms with Crippen molar-refractivity contribution in [2.24, 2.45) is 0 Å². The van der Waals surface area contributed by atoms with Crippen LogP contribution in [-0.4, -0.2) is 22.4 Å². The Morgan fingerprint density at radius 2 is 1.95 bits per heavy atom. The Kier molecular flexibility index (Phi) is 3.63. The van der Waals surface area contributed by atoms with Crippen molar-refractivity contribution in [2.45, 2.75) is 6.92 Å². The minimum absolute atomic E-state index is 0.151. The number of allylic oxidation sites excluding steroid dienone is 1. The van der Waals surface area contributed by atoms with Gasteiger partial charge in [0.2, 0.25) is 5.69 Å². The molecule has 110 valence electrons. The first-order chi connectivity index (χ1) is 10.6. The lowest BCUT2D eigenvalue weighted by molar-refractivity contribution is -0.419. The van der Waals surface area contributed by atoms with Gasteiger partial charge in [0, 0.05) is 11.6 Å². The molecule has 0 saturated carbocycles. The Balaban J connectivity index is 2.18. The predicted octanol–water partition coefficient (Wildman–Crippen LogP) is 4.47. The van der Waals surface area contributed by atoms with Gasteiger partial charge >= 0.3 is 0 Å². The molecule has 2 aromatic rings. The second-order valence-electron chi connectivity index (χ2n) is 5.36. The maximum atomic E-state index is 13.6. The molecule has 0 unspecified atom stereocenters. The van der Waals surface area contributed by atoms with Crippen molar-refractivity contribution in [3.8, 4) is 0 Å². The first-order valence-corrected chi connectivity index (χ1v) is 7.13. The highest BCUT2D eigenvalue weighted by Gasteiger charge is 2.28. The normalized spacial score (nSPS) is 15.3. The van der Waals surface area contributed by atoms with Crippen LogP contribution < -0.4 is 0 Å². The van der Waals surface area contributed by atoms with Gasteiger partial charge in [-0.2, -0.15) is 4.58 Å². The standard InChI is InChI=1S/C19H16FNO/c1-3-10-21-12-17(16-11-15(20)8-9-18(16)21)19(22)14-6-4-13(2)5-7-14/h3-9,11-12H,1,10H2,2H3/p+1. The molecular weight excluding hydrogens is 277 g/mol. The monoisotopic (exact) mass is 294 g/mol. The van der Waals surface area contributed by atoms with E-state index in [1.807, 2.05) is 42.0 Å². The molecule has 0 fully saturated rings. The van der Waals surface area contributed by atoms with Gasteiger partial charge in [-0.25, -0.2) is 4.39 Å². The summed E-state index contributed by atoms with van der Waals surface area (Å²) >= 11 is 0. The summed E-state index contributed by atoms with van der Waals surface area (Å²) in [6.45, 7) is 6.33. The smallest absolute Gasteiger partial charge is 0.213 e. The Morgan fingerprint density at radius 3 is 2.64 bits per heavy atom. The number of hydrogen-bond acceptors (Lipinski definition) is 1. The number of nitrogens with zero attached hydrogens (tertiary/aromatic N) is 1. The van der Waals surface area contributed by atoms with Gasteiger partial charge in [-0.3, -0.25) is 0 Å². The number of aliphatic hydroxyl groups excluding tert-OH is 1. The third-order valence-electron chi connectivity index (χ3n) is 3.75.